The molecule has 34 atom stereocenters. The van der Waals surface area contributed by atoms with Crippen LogP contribution in [0.1, 0.15) is 6.42 Å². The van der Waals surface area contributed by atoms with E-state index in [1.54, 1.807) is 0 Å². The molecule has 21 heterocycles. The zero-order chi connectivity index (χ0) is 55.2. The van der Waals surface area contributed by atoms with Crippen LogP contribution in [0, 0.1) is 0 Å². The van der Waals surface area contributed by atoms with Crippen molar-refractivity contribution in [1.29, 1.82) is 0 Å². The van der Waals surface area contributed by atoms with Gasteiger partial charge in [-0.1, -0.05) is 0 Å². The number of ether oxygens (including phenoxy) is 14. The highest BCUT2D eigenvalue weighted by molar-refractivity contribution is 5.01. The maximum atomic E-state index is 11.4. The summed E-state index contributed by atoms with van der Waals surface area (Å²) in [5.41, 5.74) is 6.30. The van der Waals surface area contributed by atoms with Gasteiger partial charge in [-0.25, -0.2) is 0 Å². The topological polar surface area (TPSA) is 540 Å². The Labute approximate surface area is 430 Å². The Hall–Kier alpha value is -1.36. The quantitative estimate of drug-likeness (QED) is 0.113. The summed E-state index contributed by atoms with van der Waals surface area (Å²) in [6, 6.07) is -1.68. The molecule has 34 heteroatoms. The Balaban J connectivity index is 1.07. The van der Waals surface area contributed by atoms with Gasteiger partial charge in [0, 0.05) is 6.42 Å². The molecule has 0 aromatic rings. The minimum absolute atomic E-state index is 0.492. The van der Waals surface area contributed by atoms with Crippen molar-refractivity contribution in [3.8, 4) is 0 Å². The normalized spacial score (nSPS) is 54.9. The summed E-state index contributed by atoms with van der Waals surface area (Å²) in [4.78, 5) is 0. The van der Waals surface area contributed by atoms with Crippen LogP contribution in [-0.2, 0) is 66.3 Å². The number of hydrogen-bond donors (Lipinski definition) is 20. The SMILES string of the molecule is NC1C(O)[C@@H]2O[C@H]3OC(CO)[C@@H](O[C@H]4OC(CO)[C@H](CC4O)O[C@H]4OC(CO)[C@H](O[C@H]5OC(CO)[C@@H](O[C@H]6OC(CO)[C@@H](O[C@H]7OC(CO)[C@@H](O[C@H]1OC2CO)C(O)C7O)C(O)C6O)C(O)C5O)C(O)C4O)C(O)C3O. The minimum atomic E-state index is -2.18. The molecule has 0 saturated carbocycles. The van der Waals surface area contributed by atoms with E-state index in [9.17, 15) is 97.0 Å². The van der Waals surface area contributed by atoms with Crippen molar-refractivity contribution < 1.29 is 163 Å². The van der Waals surface area contributed by atoms with E-state index in [1.165, 1.54) is 0 Å². The second-order valence-corrected chi connectivity index (χ2v) is 19.6. The first-order valence-electron chi connectivity index (χ1n) is 24.6. The number of aliphatic hydroxyl groups excluding tert-OH is 19. The second kappa shape index (κ2) is 25.8. The van der Waals surface area contributed by atoms with E-state index in [2.05, 4.69) is 0 Å². The van der Waals surface area contributed by atoms with Crippen molar-refractivity contribution >= 4 is 0 Å². The first-order chi connectivity index (χ1) is 36.2. The second-order valence-electron chi connectivity index (χ2n) is 19.6. The van der Waals surface area contributed by atoms with E-state index in [-0.39, 0.29) is 0 Å². The van der Waals surface area contributed by atoms with Crippen LogP contribution in [0.4, 0.5) is 0 Å². The Morgan fingerprint density at radius 2 is 0.474 bits per heavy atom. The molecule has 21 rings (SSSR count). The Bertz CT molecular complexity index is 1790. The third-order valence-electron chi connectivity index (χ3n) is 14.8. The van der Waals surface area contributed by atoms with Crippen molar-refractivity contribution in [2.45, 2.75) is 215 Å². The summed E-state index contributed by atoms with van der Waals surface area (Å²) in [5.74, 6) is 0. The molecule has 14 bridgehead atoms. The van der Waals surface area contributed by atoms with Crippen LogP contribution in [0.2, 0.25) is 0 Å². The molecule has 21 aliphatic rings. The van der Waals surface area contributed by atoms with Crippen LogP contribution in [-0.4, -0.2) is 352 Å². The zero-order valence-corrected chi connectivity index (χ0v) is 40.1. The first kappa shape index (κ1) is 60.7. The average Bonchev–Trinajstić information content (AvgIpc) is 3.41. The highest BCUT2D eigenvalue weighted by Gasteiger charge is 2.58. The fraction of sp³-hybridized carbons (Fsp3) is 1.00. The van der Waals surface area contributed by atoms with Crippen molar-refractivity contribution in [1.82, 2.24) is 0 Å². The van der Waals surface area contributed by atoms with Gasteiger partial charge in [-0.15, -0.1) is 0 Å². The van der Waals surface area contributed by atoms with Crippen LogP contribution in [0.25, 0.3) is 0 Å². The summed E-state index contributed by atoms with van der Waals surface area (Å²) in [6.45, 7) is -6.79. The van der Waals surface area contributed by atoms with Crippen LogP contribution < -0.4 is 5.73 Å². The van der Waals surface area contributed by atoms with Crippen LogP contribution in [0.15, 0.2) is 0 Å². The van der Waals surface area contributed by atoms with Gasteiger partial charge in [-0.3, -0.25) is 0 Å². The number of rotatable bonds is 7. The minimum Gasteiger partial charge on any atom is -0.394 e. The van der Waals surface area contributed by atoms with Gasteiger partial charge in [0.25, 0.3) is 0 Å². The fourth-order valence-corrected chi connectivity index (χ4v) is 10.4. The molecular weight excluding hydrogens is 1050 g/mol. The standard InChI is InChI=1S/C42H71NO33/c43-18-19(52)30-12(3-45)65-37(18)72-32-14(5-47)68-40(27(60)22(32)55)75-34-16(7-49)70-42(29(62)24(34)57)76-35-17(8-50)69-41(28(61)23(35)56)74-33-15(6-48)66-38(25(58)20(33)53)63-10-1-9(51)36(64-11(10)2-44)71-31-13(4-46)67-39(73-30)26(59)21(31)54/h9-42,44-62H,1-8,43H2/t9?,10-,11?,12?,13?,14?,15?,16?,17?,18?,19?,20?,21?,22?,23?,24?,25?,26?,27?,28?,29?,30+,31+,32+,33-,34+,35+,36+,37+,38-,39+,40+,41+,42+/m0/s1. The largest absolute Gasteiger partial charge is 0.394 e. The lowest BCUT2D eigenvalue weighted by Gasteiger charge is -2.50. The van der Waals surface area contributed by atoms with Gasteiger partial charge >= 0.3 is 0 Å². The van der Waals surface area contributed by atoms with Crippen molar-refractivity contribution in [2.24, 2.45) is 5.73 Å². The molecule has 0 aromatic heterocycles. The number of aliphatic hydroxyl groups is 19. The molecule has 21 N–H and O–H groups in total. The molecule has 76 heavy (non-hydrogen) atoms. The number of hydrogen-bond acceptors (Lipinski definition) is 34. The van der Waals surface area contributed by atoms with Gasteiger partial charge in [-0.05, 0) is 0 Å². The molecule has 0 amide bonds. The van der Waals surface area contributed by atoms with E-state index in [0.29, 0.717) is 0 Å². The third kappa shape index (κ3) is 11.9. The van der Waals surface area contributed by atoms with Crippen molar-refractivity contribution in [3.05, 3.63) is 0 Å². The van der Waals surface area contributed by atoms with Gasteiger partial charge in [0.05, 0.1) is 58.4 Å². The molecule has 0 radical (unpaired) electrons. The molecule has 0 aromatic carbocycles. The van der Waals surface area contributed by atoms with Crippen LogP contribution >= 0.6 is 0 Å². The van der Waals surface area contributed by atoms with Gasteiger partial charge in [0.1, 0.15) is 153 Å². The van der Waals surface area contributed by atoms with Gasteiger partial charge in [0.2, 0.25) is 0 Å². The molecular formula is C42H71NO33. The van der Waals surface area contributed by atoms with Gasteiger partial charge < -0.3 is 169 Å². The molecule has 442 valence electrons. The van der Waals surface area contributed by atoms with E-state index >= 15 is 0 Å². The summed E-state index contributed by atoms with van der Waals surface area (Å²) < 4.78 is 80.5. The Morgan fingerprint density at radius 3 is 0.763 bits per heavy atom. The summed E-state index contributed by atoms with van der Waals surface area (Å²) in [5, 5.41) is 208. The molecule has 0 spiro atoms. The fourth-order valence-electron chi connectivity index (χ4n) is 10.4. The lowest BCUT2D eigenvalue weighted by molar-refractivity contribution is -0.393. The summed E-state index contributed by atoms with van der Waals surface area (Å²) >= 11 is 0. The van der Waals surface area contributed by atoms with E-state index in [1.807, 2.05) is 0 Å². The van der Waals surface area contributed by atoms with E-state index < -0.39 is 261 Å². The van der Waals surface area contributed by atoms with Crippen LogP contribution in [0.3, 0.4) is 0 Å². The number of nitrogens with two attached hydrogens (primary N) is 1. The lowest BCUT2D eigenvalue weighted by Crippen LogP contribution is -2.69. The zero-order valence-electron chi connectivity index (χ0n) is 40.1. The smallest absolute Gasteiger partial charge is 0.187 e. The average molecular weight is 1120 g/mol. The van der Waals surface area contributed by atoms with Gasteiger partial charge in [0.15, 0.2) is 44.0 Å². The highest BCUT2D eigenvalue weighted by atomic mass is 16.8. The Morgan fingerprint density at radius 1 is 0.250 bits per heavy atom. The predicted molar refractivity (Wildman–Crippen MR) is 229 cm³/mol. The molecule has 21 aliphatic heterocycles. The van der Waals surface area contributed by atoms with Crippen LogP contribution in [0.5, 0.6) is 0 Å². The maximum absolute atomic E-state index is 11.4. The first-order valence-corrected chi connectivity index (χ1v) is 24.6. The monoisotopic (exact) mass is 1120 g/mol. The summed E-state index contributed by atoms with van der Waals surface area (Å²) in [6.07, 6.45) is -62.1. The molecule has 0 aliphatic carbocycles. The lowest BCUT2D eigenvalue weighted by atomic mass is 9.94. The van der Waals surface area contributed by atoms with Crippen molar-refractivity contribution in [2.75, 3.05) is 46.2 Å². The highest BCUT2D eigenvalue weighted by Crippen LogP contribution is 2.38. The Kier molecular flexibility index (Phi) is 20.6. The van der Waals surface area contributed by atoms with Crippen molar-refractivity contribution in [3.63, 3.8) is 0 Å². The molecule has 34 nitrogen and oxygen atoms in total. The van der Waals surface area contributed by atoms with Gasteiger partial charge in [-0.2, -0.15) is 0 Å². The summed E-state index contributed by atoms with van der Waals surface area (Å²) in [7, 11) is 0. The maximum Gasteiger partial charge on any atom is 0.187 e. The van der Waals surface area contributed by atoms with E-state index in [4.69, 9.17) is 72.0 Å². The van der Waals surface area contributed by atoms with E-state index in [0.717, 1.165) is 0 Å². The molecule has 20 unspecified atom stereocenters. The molecule has 21 saturated heterocycles. The predicted octanol–water partition coefficient (Wildman–Crippen LogP) is -14.2. The third-order valence-corrected chi connectivity index (χ3v) is 14.8. The molecule has 21 fully saturated rings.